The zero-order valence-electron chi connectivity index (χ0n) is 13.9. The Kier molecular flexibility index (Phi) is 7.53. The number of carbonyl (C=O) groups excluding carboxylic acids is 2. The minimum absolute atomic E-state index is 0.0796. The van der Waals surface area contributed by atoms with E-state index in [9.17, 15) is 14.0 Å². The Bertz CT molecular complexity index is 851. The van der Waals surface area contributed by atoms with Gasteiger partial charge in [-0.2, -0.15) is 0 Å². The summed E-state index contributed by atoms with van der Waals surface area (Å²) >= 11 is 17.6. The maximum atomic E-state index is 13.5. The molecule has 27 heavy (non-hydrogen) atoms. The number of rotatable bonds is 6. The zero-order valence-corrected chi connectivity index (χ0v) is 16.2. The topological polar surface area (TPSA) is 76.7 Å². The van der Waals surface area contributed by atoms with E-state index in [1.165, 1.54) is 37.3 Å². The van der Waals surface area contributed by atoms with Gasteiger partial charge in [0.1, 0.15) is 5.75 Å². The third-order valence-corrected chi connectivity index (χ3v) is 4.19. The van der Waals surface area contributed by atoms with Gasteiger partial charge in [-0.25, -0.2) is 4.39 Å². The first kappa shape index (κ1) is 21.1. The number of amides is 2. The second-order valence-electron chi connectivity index (χ2n) is 5.21. The first-order chi connectivity index (χ1) is 12.8. The molecule has 0 radical (unpaired) electrons. The molecule has 2 N–H and O–H groups in total. The van der Waals surface area contributed by atoms with Crippen molar-refractivity contribution < 1.29 is 23.5 Å². The van der Waals surface area contributed by atoms with Crippen molar-refractivity contribution in [1.82, 2.24) is 10.9 Å². The molecule has 2 rings (SSSR count). The number of carbonyl (C=O) groups is 2. The van der Waals surface area contributed by atoms with E-state index in [0.29, 0.717) is 0 Å². The third-order valence-electron chi connectivity index (χ3n) is 3.17. The van der Waals surface area contributed by atoms with E-state index in [2.05, 4.69) is 10.9 Å². The first-order valence-electron chi connectivity index (χ1n) is 7.55. The lowest BCUT2D eigenvalue weighted by molar-refractivity contribution is -0.133. The van der Waals surface area contributed by atoms with Crippen molar-refractivity contribution in [3.8, 4) is 11.5 Å². The molecule has 2 amide bonds. The van der Waals surface area contributed by atoms with E-state index in [1.54, 1.807) is 6.07 Å². The highest BCUT2D eigenvalue weighted by Crippen LogP contribution is 2.33. The van der Waals surface area contributed by atoms with Gasteiger partial charge in [0.25, 0.3) is 11.8 Å². The minimum atomic E-state index is -1.05. The fraction of sp³-hybridized carbons (Fsp3) is 0.176. The lowest BCUT2D eigenvalue weighted by atomic mass is 10.3. The SMILES string of the molecule is C[C@H](Oc1ccccc1F)C(=O)NNC(=O)COc1cc(Cl)c(Cl)cc1Cl. The maximum Gasteiger partial charge on any atom is 0.279 e. The molecule has 0 aliphatic carbocycles. The summed E-state index contributed by atoms with van der Waals surface area (Å²) in [6, 6.07) is 8.38. The number of hydrogen-bond acceptors (Lipinski definition) is 4. The number of halogens is 4. The fourth-order valence-electron chi connectivity index (χ4n) is 1.81. The smallest absolute Gasteiger partial charge is 0.279 e. The predicted molar refractivity (Wildman–Crippen MR) is 99.7 cm³/mol. The van der Waals surface area contributed by atoms with Crippen LogP contribution in [0.4, 0.5) is 4.39 Å². The van der Waals surface area contributed by atoms with Crippen LogP contribution in [-0.4, -0.2) is 24.5 Å². The highest BCUT2D eigenvalue weighted by molar-refractivity contribution is 6.43. The van der Waals surface area contributed by atoms with Crippen LogP contribution in [0.2, 0.25) is 15.1 Å². The van der Waals surface area contributed by atoms with Crippen LogP contribution in [-0.2, 0) is 9.59 Å². The Balaban J connectivity index is 1.80. The van der Waals surface area contributed by atoms with Crippen molar-refractivity contribution in [2.45, 2.75) is 13.0 Å². The summed E-state index contributed by atoms with van der Waals surface area (Å²) in [5.41, 5.74) is 4.29. The number of hydrazine groups is 1. The molecular weight excluding hydrogens is 422 g/mol. The number of benzene rings is 2. The van der Waals surface area contributed by atoms with Crippen LogP contribution < -0.4 is 20.3 Å². The molecule has 0 aliphatic heterocycles. The maximum absolute atomic E-state index is 13.5. The van der Waals surface area contributed by atoms with Gasteiger partial charge in [-0.3, -0.25) is 20.4 Å². The summed E-state index contributed by atoms with van der Waals surface area (Å²) in [6.07, 6.45) is -1.05. The summed E-state index contributed by atoms with van der Waals surface area (Å²) in [5, 5.41) is 0.631. The van der Waals surface area contributed by atoms with Crippen molar-refractivity contribution in [3.05, 3.63) is 57.3 Å². The molecule has 0 saturated heterocycles. The molecule has 0 unspecified atom stereocenters. The number of para-hydroxylation sites is 1. The molecule has 0 aliphatic rings. The molecule has 1 atom stereocenters. The molecule has 0 bridgehead atoms. The van der Waals surface area contributed by atoms with E-state index >= 15 is 0 Å². The molecule has 0 saturated carbocycles. The first-order valence-corrected chi connectivity index (χ1v) is 8.68. The Morgan fingerprint density at radius 2 is 1.70 bits per heavy atom. The summed E-state index contributed by atoms with van der Waals surface area (Å²) in [5.74, 6) is -1.87. The van der Waals surface area contributed by atoms with Gasteiger partial charge in [-0.05, 0) is 25.1 Å². The molecule has 6 nitrogen and oxygen atoms in total. The fourth-order valence-corrected chi connectivity index (χ4v) is 2.40. The molecule has 2 aromatic carbocycles. The predicted octanol–water partition coefficient (Wildman–Crippen LogP) is 3.78. The van der Waals surface area contributed by atoms with Gasteiger partial charge in [0.05, 0.1) is 15.1 Å². The molecule has 2 aromatic rings. The van der Waals surface area contributed by atoms with Crippen molar-refractivity contribution in [1.29, 1.82) is 0 Å². The molecule has 0 aromatic heterocycles. The van der Waals surface area contributed by atoms with Crippen LogP contribution in [0.25, 0.3) is 0 Å². The van der Waals surface area contributed by atoms with Gasteiger partial charge >= 0.3 is 0 Å². The lowest BCUT2D eigenvalue weighted by Crippen LogP contribution is -2.48. The van der Waals surface area contributed by atoms with Crippen molar-refractivity contribution in [3.63, 3.8) is 0 Å². The molecule has 0 heterocycles. The summed E-state index contributed by atoms with van der Waals surface area (Å²) in [7, 11) is 0. The zero-order chi connectivity index (χ0) is 20.0. The Labute approximate surface area is 169 Å². The summed E-state index contributed by atoms with van der Waals surface area (Å²) in [6.45, 7) is 0.959. The lowest BCUT2D eigenvalue weighted by Gasteiger charge is -2.15. The summed E-state index contributed by atoms with van der Waals surface area (Å²) in [4.78, 5) is 23.7. The van der Waals surface area contributed by atoms with Crippen LogP contribution in [0.15, 0.2) is 36.4 Å². The van der Waals surface area contributed by atoms with Crippen LogP contribution in [0.3, 0.4) is 0 Å². The molecule has 144 valence electrons. The highest BCUT2D eigenvalue weighted by Gasteiger charge is 2.17. The van der Waals surface area contributed by atoms with Gasteiger partial charge in [-0.15, -0.1) is 0 Å². The van der Waals surface area contributed by atoms with E-state index in [0.717, 1.165) is 0 Å². The minimum Gasteiger partial charge on any atom is -0.482 e. The second-order valence-corrected chi connectivity index (χ2v) is 6.43. The van der Waals surface area contributed by atoms with Gasteiger partial charge in [0.2, 0.25) is 0 Å². The standard InChI is InChI=1S/C17H14Cl3FN2O4/c1-9(27-14-5-3-2-4-13(14)21)17(25)23-22-16(24)8-26-15-7-11(19)10(18)6-12(15)20/h2-7,9H,8H2,1H3,(H,22,24)(H,23,25)/t9-/m0/s1. The van der Waals surface area contributed by atoms with Crippen LogP contribution in [0.1, 0.15) is 6.92 Å². The Hall–Kier alpha value is -2.22. The van der Waals surface area contributed by atoms with E-state index in [1.807, 2.05) is 0 Å². The average Bonchev–Trinajstić information content (AvgIpc) is 2.63. The van der Waals surface area contributed by atoms with Gasteiger partial charge < -0.3 is 9.47 Å². The van der Waals surface area contributed by atoms with E-state index in [4.69, 9.17) is 44.3 Å². The summed E-state index contributed by atoms with van der Waals surface area (Å²) < 4.78 is 23.9. The average molecular weight is 436 g/mol. The van der Waals surface area contributed by atoms with Crippen LogP contribution in [0, 0.1) is 5.82 Å². The van der Waals surface area contributed by atoms with E-state index in [-0.39, 0.29) is 26.6 Å². The van der Waals surface area contributed by atoms with E-state index < -0.39 is 30.3 Å². The van der Waals surface area contributed by atoms with Crippen molar-refractivity contribution >= 4 is 46.6 Å². The van der Waals surface area contributed by atoms with Gasteiger partial charge in [0, 0.05) is 6.07 Å². The Morgan fingerprint density at radius 3 is 2.41 bits per heavy atom. The molecule has 0 fully saturated rings. The van der Waals surface area contributed by atoms with Gasteiger partial charge in [-0.1, -0.05) is 46.9 Å². The highest BCUT2D eigenvalue weighted by atomic mass is 35.5. The molecule has 0 spiro atoms. The van der Waals surface area contributed by atoms with Crippen LogP contribution in [0.5, 0.6) is 11.5 Å². The number of nitrogens with one attached hydrogen (secondary N) is 2. The molecule has 10 heteroatoms. The molecular formula is C17H14Cl3FN2O4. The Morgan fingerprint density at radius 1 is 1.04 bits per heavy atom. The van der Waals surface area contributed by atoms with Crippen molar-refractivity contribution in [2.75, 3.05) is 6.61 Å². The third kappa shape index (κ3) is 6.16. The number of hydrogen-bond donors (Lipinski definition) is 2. The second kappa shape index (κ2) is 9.64. The number of ether oxygens (including phenoxy) is 2. The monoisotopic (exact) mass is 434 g/mol. The van der Waals surface area contributed by atoms with Gasteiger partial charge in [0.15, 0.2) is 24.3 Å². The largest absolute Gasteiger partial charge is 0.482 e. The van der Waals surface area contributed by atoms with Crippen molar-refractivity contribution in [2.24, 2.45) is 0 Å². The van der Waals surface area contributed by atoms with Crippen LogP contribution >= 0.6 is 34.8 Å². The quantitative estimate of drug-likeness (QED) is 0.535. The normalized spacial score (nSPS) is 11.4.